The van der Waals surface area contributed by atoms with Crippen molar-refractivity contribution in [1.29, 1.82) is 0 Å². The minimum Gasteiger partial charge on any atom is -0.382 e. The van der Waals surface area contributed by atoms with E-state index in [1.165, 1.54) is 0 Å². The van der Waals surface area contributed by atoms with Crippen molar-refractivity contribution in [3.05, 3.63) is 38.6 Å². The van der Waals surface area contributed by atoms with Crippen molar-refractivity contribution in [3.8, 4) is 0 Å². The molecule has 0 bridgehead atoms. The summed E-state index contributed by atoms with van der Waals surface area (Å²) in [4.78, 5) is 12.8. The Labute approximate surface area is 110 Å². The fraction of sp³-hybridized carbons (Fsp3) is 0.100. The Morgan fingerprint density at radius 3 is 2.82 bits per heavy atom. The van der Waals surface area contributed by atoms with Gasteiger partial charge in [0.25, 0.3) is 5.91 Å². The first-order valence-corrected chi connectivity index (χ1v) is 6.43. The van der Waals surface area contributed by atoms with Gasteiger partial charge in [-0.15, -0.1) is 21.5 Å². The highest BCUT2D eigenvalue weighted by molar-refractivity contribution is 9.10. The Hall–Kier alpha value is -1.47. The van der Waals surface area contributed by atoms with Gasteiger partial charge in [0.2, 0.25) is 0 Å². The van der Waals surface area contributed by atoms with Crippen LogP contribution in [0.2, 0.25) is 0 Å². The third-order valence-corrected chi connectivity index (χ3v) is 3.94. The van der Waals surface area contributed by atoms with Crippen molar-refractivity contribution in [2.45, 2.75) is 6.54 Å². The lowest BCUT2D eigenvalue weighted by molar-refractivity contribution is 0.0945. The SMILES string of the molecule is Nc1ccc(C(=O)NCc2sccc2Br)nn1. The molecule has 0 aliphatic rings. The number of nitrogens with two attached hydrogens (primary N) is 1. The van der Waals surface area contributed by atoms with E-state index in [4.69, 9.17) is 5.73 Å². The first kappa shape index (κ1) is 12.0. The number of thiophene rings is 1. The molecule has 0 spiro atoms. The summed E-state index contributed by atoms with van der Waals surface area (Å²) in [6.45, 7) is 0.461. The molecule has 5 nitrogen and oxygen atoms in total. The Bertz CT molecular complexity index is 525. The zero-order valence-electron chi connectivity index (χ0n) is 8.68. The second-order valence-electron chi connectivity index (χ2n) is 3.22. The molecule has 0 saturated carbocycles. The molecule has 1 amide bonds. The molecule has 0 fully saturated rings. The third kappa shape index (κ3) is 3.01. The number of carbonyl (C=O) groups is 1. The van der Waals surface area contributed by atoms with E-state index in [9.17, 15) is 4.79 Å². The minimum absolute atomic E-state index is 0.256. The molecule has 0 aliphatic heterocycles. The molecule has 2 rings (SSSR count). The van der Waals surface area contributed by atoms with Crippen LogP contribution >= 0.6 is 27.3 Å². The van der Waals surface area contributed by atoms with E-state index < -0.39 is 0 Å². The van der Waals surface area contributed by atoms with Crippen molar-refractivity contribution < 1.29 is 4.79 Å². The van der Waals surface area contributed by atoms with Crippen LogP contribution in [0, 0.1) is 0 Å². The van der Waals surface area contributed by atoms with Crippen LogP contribution in [0.25, 0.3) is 0 Å². The highest BCUT2D eigenvalue weighted by Gasteiger charge is 2.08. The molecule has 2 aromatic heterocycles. The van der Waals surface area contributed by atoms with E-state index in [1.807, 2.05) is 11.4 Å². The van der Waals surface area contributed by atoms with Crippen molar-refractivity contribution in [2.75, 3.05) is 5.73 Å². The lowest BCUT2D eigenvalue weighted by Crippen LogP contribution is -2.23. The lowest BCUT2D eigenvalue weighted by atomic mass is 10.3. The molecule has 17 heavy (non-hydrogen) atoms. The van der Waals surface area contributed by atoms with Gasteiger partial charge in [0.05, 0.1) is 6.54 Å². The van der Waals surface area contributed by atoms with Gasteiger partial charge in [-0.3, -0.25) is 4.79 Å². The van der Waals surface area contributed by atoms with Crippen LogP contribution in [0.5, 0.6) is 0 Å². The van der Waals surface area contributed by atoms with E-state index in [2.05, 4.69) is 31.4 Å². The van der Waals surface area contributed by atoms with E-state index in [0.29, 0.717) is 12.4 Å². The Morgan fingerprint density at radius 2 is 2.24 bits per heavy atom. The van der Waals surface area contributed by atoms with Crippen molar-refractivity contribution in [1.82, 2.24) is 15.5 Å². The average molecular weight is 313 g/mol. The molecule has 3 N–H and O–H groups in total. The van der Waals surface area contributed by atoms with Crippen molar-refractivity contribution in [3.63, 3.8) is 0 Å². The normalized spacial score (nSPS) is 10.2. The zero-order chi connectivity index (χ0) is 12.3. The predicted octanol–water partition coefficient (Wildman–Crippen LogP) is 1.81. The fourth-order valence-corrected chi connectivity index (χ4v) is 2.60. The summed E-state index contributed by atoms with van der Waals surface area (Å²) in [7, 11) is 0. The van der Waals surface area contributed by atoms with Gasteiger partial charge in [0, 0.05) is 9.35 Å². The quantitative estimate of drug-likeness (QED) is 0.905. The van der Waals surface area contributed by atoms with Crippen LogP contribution in [-0.2, 0) is 6.54 Å². The van der Waals surface area contributed by atoms with Crippen molar-refractivity contribution in [2.24, 2.45) is 0 Å². The average Bonchev–Trinajstić information content (AvgIpc) is 2.73. The van der Waals surface area contributed by atoms with Gasteiger partial charge < -0.3 is 11.1 Å². The smallest absolute Gasteiger partial charge is 0.272 e. The molecule has 0 radical (unpaired) electrons. The minimum atomic E-state index is -0.266. The number of nitrogens with one attached hydrogen (secondary N) is 1. The van der Waals surface area contributed by atoms with Gasteiger partial charge in [-0.2, -0.15) is 0 Å². The van der Waals surface area contributed by atoms with Gasteiger partial charge in [0.15, 0.2) is 5.69 Å². The van der Waals surface area contributed by atoms with Crippen molar-refractivity contribution >= 4 is 39.0 Å². The van der Waals surface area contributed by atoms with E-state index in [0.717, 1.165) is 9.35 Å². The molecule has 0 aliphatic carbocycles. The largest absolute Gasteiger partial charge is 0.382 e. The Balaban J connectivity index is 1.98. The van der Waals surface area contributed by atoms with Crippen LogP contribution in [0.1, 0.15) is 15.4 Å². The number of nitrogens with zero attached hydrogens (tertiary/aromatic N) is 2. The molecular formula is C10H9BrN4OS. The van der Waals surface area contributed by atoms with E-state index in [-0.39, 0.29) is 11.6 Å². The van der Waals surface area contributed by atoms with Gasteiger partial charge in [-0.05, 0) is 39.5 Å². The molecule has 2 heterocycles. The van der Waals surface area contributed by atoms with E-state index in [1.54, 1.807) is 23.5 Å². The van der Waals surface area contributed by atoms with Gasteiger partial charge in [-0.1, -0.05) is 0 Å². The van der Waals surface area contributed by atoms with Crippen LogP contribution < -0.4 is 11.1 Å². The standard InChI is InChI=1S/C10H9BrN4OS/c11-6-3-4-17-8(6)5-13-10(16)7-1-2-9(12)15-14-7/h1-4H,5H2,(H2,12,15)(H,13,16). The molecule has 88 valence electrons. The summed E-state index contributed by atoms with van der Waals surface area (Å²) in [5.74, 6) is 0.0281. The summed E-state index contributed by atoms with van der Waals surface area (Å²) in [5.41, 5.74) is 5.64. The highest BCUT2D eigenvalue weighted by Crippen LogP contribution is 2.22. The number of rotatable bonds is 3. The van der Waals surface area contributed by atoms with Gasteiger partial charge >= 0.3 is 0 Å². The van der Waals surface area contributed by atoms with Crippen LogP contribution in [0.15, 0.2) is 28.1 Å². The molecule has 7 heteroatoms. The summed E-state index contributed by atoms with van der Waals surface area (Å²) < 4.78 is 0.992. The first-order chi connectivity index (χ1) is 8.16. The molecule has 0 aromatic carbocycles. The number of halogens is 1. The Kier molecular flexibility index (Phi) is 3.70. The van der Waals surface area contributed by atoms with Crippen LogP contribution in [0.3, 0.4) is 0 Å². The number of anilines is 1. The fourth-order valence-electron chi connectivity index (χ4n) is 1.17. The molecule has 0 atom stereocenters. The second kappa shape index (κ2) is 5.24. The first-order valence-electron chi connectivity index (χ1n) is 4.76. The molecular weight excluding hydrogens is 304 g/mol. The summed E-state index contributed by atoms with van der Waals surface area (Å²) in [6, 6.07) is 5.03. The third-order valence-electron chi connectivity index (χ3n) is 2.02. The lowest BCUT2D eigenvalue weighted by Gasteiger charge is -2.03. The van der Waals surface area contributed by atoms with Gasteiger partial charge in [-0.25, -0.2) is 0 Å². The topological polar surface area (TPSA) is 80.9 Å². The summed E-state index contributed by atoms with van der Waals surface area (Å²) in [6.07, 6.45) is 0. The second-order valence-corrected chi connectivity index (χ2v) is 5.07. The number of amides is 1. The van der Waals surface area contributed by atoms with Crippen LogP contribution in [0.4, 0.5) is 5.82 Å². The molecule has 0 saturated heterocycles. The van der Waals surface area contributed by atoms with E-state index >= 15 is 0 Å². The predicted molar refractivity (Wildman–Crippen MR) is 69.6 cm³/mol. The number of hydrogen-bond acceptors (Lipinski definition) is 5. The maximum absolute atomic E-state index is 11.7. The monoisotopic (exact) mass is 312 g/mol. The van der Waals surface area contributed by atoms with Gasteiger partial charge in [0.1, 0.15) is 5.82 Å². The maximum atomic E-state index is 11.7. The van der Waals surface area contributed by atoms with Crippen LogP contribution in [-0.4, -0.2) is 16.1 Å². The number of carbonyl (C=O) groups excluding carboxylic acids is 1. The number of nitrogen functional groups attached to an aromatic ring is 1. The zero-order valence-corrected chi connectivity index (χ0v) is 11.1. The summed E-state index contributed by atoms with van der Waals surface area (Å²) in [5, 5.41) is 12.0. The molecule has 2 aromatic rings. The molecule has 0 unspecified atom stereocenters. The number of hydrogen-bond donors (Lipinski definition) is 2. The maximum Gasteiger partial charge on any atom is 0.272 e. The Morgan fingerprint density at radius 1 is 1.41 bits per heavy atom. The highest BCUT2D eigenvalue weighted by atomic mass is 79.9. The number of aromatic nitrogens is 2. The summed E-state index contributed by atoms with van der Waals surface area (Å²) >= 11 is 4.97.